The molecule has 1 aliphatic heterocycles. The first-order valence-electron chi connectivity index (χ1n) is 9.67. The molecule has 2 aromatic carbocycles. The number of methoxy groups -OCH3 is 1. The molecule has 0 aromatic heterocycles. The number of ether oxygens (including phenoxy) is 2. The molecule has 2 aromatic rings. The van der Waals surface area contributed by atoms with Crippen LogP contribution in [0, 0.1) is 11.3 Å². The summed E-state index contributed by atoms with van der Waals surface area (Å²) >= 11 is 0. The number of carbonyl (C=O) groups is 1. The summed E-state index contributed by atoms with van der Waals surface area (Å²) in [6, 6.07) is 13.6. The van der Waals surface area contributed by atoms with Gasteiger partial charge in [0.25, 0.3) is 5.91 Å². The molecule has 31 heavy (non-hydrogen) atoms. The number of nitrogens with zero attached hydrogens (tertiary/aromatic N) is 3. The van der Waals surface area contributed by atoms with Crippen molar-refractivity contribution < 1.29 is 27.4 Å². The van der Waals surface area contributed by atoms with E-state index in [0.29, 0.717) is 31.9 Å². The smallest absolute Gasteiger partial charge is 0.416 e. The van der Waals surface area contributed by atoms with E-state index in [4.69, 9.17) is 9.47 Å². The summed E-state index contributed by atoms with van der Waals surface area (Å²) in [6.45, 7) is 1.46. The van der Waals surface area contributed by atoms with E-state index in [0.717, 1.165) is 17.7 Å². The zero-order chi connectivity index (χ0) is 22.4. The largest absolute Gasteiger partial charge is 0.497 e. The van der Waals surface area contributed by atoms with Crippen LogP contribution in [0.5, 0.6) is 11.5 Å². The van der Waals surface area contributed by atoms with Gasteiger partial charge in [-0.05, 0) is 35.9 Å². The molecular formula is C22H22F3N3O3. The van der Waals surface area contributed by atoms with Crippen molar-refractivity contribution in [3.05, 3.63) is 59.7 Å². The lowest BCUT2D eigenvalue weighted by Gasteiger charge is -2.37. The predicted molar refractivity (Wildman–Crippen MR) is 106 cm³/mol. The number of hydrogen-bond donors (Lipinski definition) is 0. The molecule has 9 heteroatoms. The molecular weight excluding hydrogens is 411 g/mol. The molecule has 164 valence electrons. The van der Waals surface area contributed by atoms with Crippen LogP contribution in [0.25, 0.3) is 0 Å². The number of benzene rings is 2. The SMILES string of the molecule is COc1ccc(C(C#N)N2CCN(C(=O)COc3cccc(C(F)(F)F)c3)CC2)cc1. The maximum Gasteiger partial charge on any atom is 0.416 e. The first-order valence-corrected chi connectivity index (χ1v) is 9.67. The molecule has 1 unspecified atom stereocenters. The van der Waals surface area contributed by atoms with Crippen molar-refractivity contribution in [1.29, 1.82) is 5.26 Å². The van der Waals surface area contributed by atoms with Gasteiger partial charge in [0.05, 0.1) is 18.7 Å². The first-order chi connectivity index (χ1) is 14.8. The zero-order valence-corrected chi connectivity index (χ0v) is 16.9. The fourth-order valence-corrected chi connectivity index (χ4v) is 3.38. The van der Waals surface area contributed by atoms with Crippen molar-refractivity contribution in [3.63, 3.8) is 0 Å². The van der Waals surface area contributed by atoms with Gasteiger partial charge in [-0.1, -0.05) is 18.2 Å². The minimum Gasteiger partial charge on any atom is -0.497 e. The van der Waals surface area contributed by atoms with E-state index < -0.39 is 17.8 Å². The van der Waals surface area contributed by atoms with Gasteiger partial charge >= 0.3 is 6.18 Å². The Balaban J connectivity index is 1.53. The maximum atomic E-state index is 12.8. The first kappa shape index (κ1) is 22.4. The second kappa shape index (κ2) is 9.71. The highest BCUT2D eigenvalue weighted by molar-refractivity contribution is 5.77. The van der Waals surface area contributed by atoms with Crippen LogP contribution in [0.1, 0.15) is 17.2 Å². The van der Waals surface area contributed by atoms with Crippen LogP contribution in [-0.2, 0) is 11.0 Å². The summed E-state index contributed by atoms with van der Waals surface area (Å²) in [5.74, 6) is 0.387. The fraction of sp³-hybridized carbons (Fsp3) is 0.364. The molecule has 1 fully saturated rings. The number of amides is 1. The van der Waals surface area contributed by atoms with E-state index in [9.17, 15) is 23.2 Å². The molecule has 1 atom stereocenters. The molecule has 1 saturated heterocycles. The van der Waals surface area contributed by atoms with Crippen molar-refractivity contribution in [2.24, 2.45) is 0 Å². The number of piperazine rings is 1. The highest BCUT2D eigenvalue weighted by Gasteiger charge is 2.31. The van der Waals surface area contributed by atoms with Gasteiger partial charge in [-0.2, -0.15) is 18.4 Å². The van der Waals surface area contributed by atoms with E-state index >= 15 is 0 Å². The second-order valence-electron chi connectivity index (χ2n) is 7.04. The standard InChI is InChI=1S/C22H22F3N3O3/c1-30-18-7-5-16(6-8-18)20(14-26)27-9-11-28(12-10-27)21(29)15-31-19-4-2-3-17(13-19)22(23,24)25/h2-8,13,20H,9-12,15H2,1H3. The number of nitriles is 1. The van der Waals surface area contributed by atoms with E-state index in [2.05, 4.69) is 6.07 Å². The molecule has 0 saturated carbocycles. The third kappa shape index (κ3) is 5.67. The minimum absolute atomic E-state index is 0.00846. The van der Waals surface area contributed by atoms with Crippen molar-refractivity contribution in [2.45, 2.75) is 12.2 Å². The quantitative estimate of drug-likeness (QED) is 0.698. The van der Waals surface area contributed by atoms with Crippen molar-refractivity contribution in [2.75, 3.05) is 39.9 Å². The molecule has 1 aliphatic rings. The Kier molecular flexibility index (Phi) is 7.02. The van der Waals surface area contributed by atoms with Crippen LogP contribution in [0.3, 0.4) is 0 Å². The summed E-state index contributed by atoms with van der Waals surface area (Å²) in [6.07, 6.45) is -4.47. The van der Waals surface area contributed by atoms with Crippen molar-refractivity contribution >= 4 is 5.91 Å². The number of halogens is 3. The van der Waals surface area contributed by atoms with Crippen molar-refractivity contribution in [3.8, 4) is 17.6 Å². The fourth-order valence-electron chi connectivity index (χ4n) is 3.38. The van der Waals surface area contributed by atoms with Crippen LogP contribution in [0.2, 0.25) is 0 Å². The number of hydrogen-bond acceptors (Lipinski definition) is 5. The lowest BCUT2D eigenvalue weighted by Crippen LogP contribution is -2.50. The molecule has 0 aliphatic carbocycles. The van der Waals surface area contributed by atoms with Gasteiger partial charge < -0.3 is 14.4 Å². The second-order valence-corrected chi connectivity index (χ2v) is 7.04. The van der Waals surface area contributed by atoms with E-state index in [-0.39, 0.29) is 18.3 Å². The Morgan fingerprint density at radius 1 is 1.10 bits per heavy atom. The molecule has 1 amide bonds. The van der Waals surface area contributed by atoms with Gasteiger partial charge in [-0.15, -0.1) is 0 Å². The average Bonchev–Trinajstić information content (AvgIpc) is 2.78. The highest BCUT2D eigenvalue weighted by Crippen LogP contribution is 2.31. The van der Waals surface area contributed by atoms with Crippen LogP contribution < -0.4 is 9.47 Å². The average molecular weight is 433 g/mol. The Labute approximate surface area is 178 Å². The van der Waals surface area contributed by atoms with E-state index in [1.807, 2.05) is 17.0 Å². The summed E-state index contributed by atoms with van der Waals surface area (Å²) in [7, 11) is 1.57. The number of alkyl halides is 3. The minimum atomic E-state index is -4.47. The third-order valence-electron chi connectivity index (χ3n) is 5.11. The summed E-state index contributed by atoms with van der Waals surface area (Å²) in [5, 5.41) is 9.62. The Morgan fingerprint density at radius 2 is 1.77 bits per heavy atom. The summed E-state index contributed by atoms with van der Waals surface area (Å²) in [5.41, 5.74) is 0.0168. The van der Waals surface area contributed by atoms with Gasteiger partial charge in [0, 0.05) is 26.2 Å². The molecule has 1 heterocycles. The lowest BCUT2D eigenvalue weighted by atomic mass is 10.1. The summed E-state index contributed by atoms with van der Waals surface area (Å²) in [4.78, 5) is 16.0. The molecule has 0 spiro atoms. The van der Waals surface area contributed by atoms with Crippen molar-refractivity contribution in [1.82, 2.24) is 9.80 Å². The molecule has 0 radical (unpaired) electrons. The topological polar surface area (TPSA) is 65.8 Å². The number of carbonyl (C=O) groups excluding carboxylic acids is 1. The van der Waals surface area contributed by atoms with E-state index in [1.54, 1.807) is 24.1 Å². The van der Waals surface area contributed by atoms with Gasteiger partial charge in [0.1, 0.15) is 17.5 Å². The zero-order valence-electron chi connectivity index (χ0n) is 16.9. The normalized spacial score (nSPS) is 15.8. The Hall–Kier alpha value is -3.25. The molecule has 3 rings (SSSR count). The third-order valence-corrected chi connectivity index (χ3v) is 5.11. The van der Waals surface area contributed by atoms with Crippen LogP contribution in [-0.4, -0.2) is 55.6 Å². The van der Waals surface area contributed by atoms with E-state index in [1.165, 1.54) is 12.1 Å². The summed E-state index contributed by atoms with van der Waals surface area (Å²) < 4.78 is 48.8. The van der Waals surface area contributed by atoms with Gasteiger partial charge in [0.2, 0.25) is 0 Å². The van der Waals surface area contributed by atoms with Crippen LogP contribution in [0.4, 0.5) is 13.2 Å². The highest BCUT2D eigenvalue weighted by atomic mass is 19.4. The Morgan fingerprint density at radius 3 is 2.35 bits per heavy atom. The van der Waals surface area contributed by atoms with Crippen LogP contribution >= 0.6 is 0 Å². The van der Waals surface area contributed by atoms with Gasteiger partial charge in [0.15, 0.2) is 6.61 Å². The maximum absolute atomic E-state index is 12.8. The van der Waals surface area contributed by atoms with Crippen LogP contribution in [0.15, 0.2) is 48.5 Å². The molecule has 6 nitrogen and oxygen atoms in total. The lowest BCUT2D eigenvalue weighted by molar-refractivity contribution is -0.137. The molecule has 0 bridgehead atoms. The monoisotopic (exact) mass is 433 g/mol. The predicted octanol–water partition coefficient (Wildman–Crippen LogP) is 3.50. The number of rotatable bonds is 6. The van der Waals surface area contributed by atoms with Gasteiger partial charge in [-0.25, -0.2) is 0 Å². The van der Waals surface area contributed by atoms with Gasteiger partial charge in [-0.3, -0.25) is 9.69 Å². The molecule has 0 N–H and O–H groups in total. The Bertz CT molecular complexity index is 933.